The molecule has 0 aliphatic heterocycles. The largest absolute Gasteiger partial charge is 0.864 e. The van der Waals surface area contributed by atoms with Crippen molar-refractivity contribution in [1.29, 1.82) is 0 Å². The lowest BCUT2D eigenvalue weighted by Crippen LogP contribution is -2.38. The van der Waals surface area contributed by atoms with E-state index in [1.165, 1.54) is 0 Å². The Labute approximate surface area is 241 Å². The molecule has 7 heteroatoms. The van der Waals surface area contributed by atoms with E-state index in [4.69, 9.17) is 28.2 Å². The molecule has 216 valence electrons. The van der Waals surface area contributed by atoms with E-state index in [1.807, 2.05) is 36.4 Å². The van der Waals surface area contributed by atoms with Crippen LogP contribution in [0, 0.1) is 0 Å². The lowest BCUT2D eigenvalue weighted by Gasteiger charge is -2.24. The average molecular weight is 549 g/mol. The van der Waals surface area contributed by atoms with Gasteiger partial charge in [-0.25, -0.2) is 0 Å². The lowest BCUT2D eigenvalue weighted by molar-refractivity contribution is 0.301. The van der Waals surface area contributed by atoms with Crippen LogP contribution in [0.1, 0.15) is 74.9 Å². The normalized spacial score (nSPS) is 10.7. The van der Waals surface area contributed by atoms with E-state index in [1.54, 1.807) is 21.3 Å². The molecule has 0 bridgehead atoms. The standard InChI is InChI=1S/C33H45BO6/c1-10-22-25(13-4)31(19-16-28(22)35-7)38-34(39-32-20-17-29(36-8)23(11-2)26(32)14-5)40-33-21-18-30(37-9)24(12-3)27(33)15-6/h16-21H,10-15H2,1-9H3. The summed E-state index contributed by atoms with van der Waals surface area (Å²) >= 11 is 0. The molecule has 6 nitrogen and oxygen atoms in total. The summed E-state index contributed by atoms with van der Waals surface area (Å²) in [4.78, 5) is 0. The van der Waals surface area contributed by atoms with E-state index in [0.717, 1.165) is 106 Å². The maximum Gasteiger partial charge on any atom is 0.864 e. The van der Waals surface area contributed by atoms with Gasteiger partial charge in [0.15, 0.2) is 0 Å². The number of methoxy groups -OCH3 is 3. The average Bonchev–Trinajstić information content (AvgIpc) is 2.99. The lowest BCUT2D eigenvalue weighted by atomic mass is 9.98. The number of hydrogen-bond acceptors (Lipinski definition) is 6. The summed E-state index contributed by atoms with van der Waals surface area (Å²) in [5.74, 6) is 4.73. The number of ether oxygens (including phenoxy) is 3. The van der Waals surface area contributed by atoms with Crippen LogP contribution in [0.4, 0.5) is 0 Å². The van der Waals surface area contributed by atoms with E-state index in [0.29, 0.717) is 0 Å². The highest BCUT2D eigenvalue weighted by Gasteiger charge is 2.34. The first-order chi connectivity index (χ1) is 19.4. The molecule has 0 aliphatic rings. The predicted octanol–water partition coefficient (Wildman–Crippen LogP) is 7.61. The fraction of sp³-hybridized carbons (Fsp3) is 0.455. The van der Waals surface area contributed by atoms with Gasteiger partial charge in [0.05, 0.1) is 21.3 Å². The smallest absolute Gasteiger partial charge is 0.496 e. The molecule has 0 spiro atoms. The van der Waals surface area contributed by atoms with E-state index in [9.17, 15) is 0 Å². The fourth-order valence-corrected chi connectivity index (χ4v) is 5.56. The predicted molar refractivity (Wildman–Crippen MR) is 163 cm³/mol. The van der Waals surface area contributed by atoms with Gasteiger partial charge in [-0.05, 0) is 91.6 Å². The highest BCUT2D eigenvalue weighted by molar-refractivity contribution is 6.39. The second-order valence-electron chi connectivity index (χ2n) is 9.43. The maximum absolute atomic E-state index is 6.58. The Morgan fingerprint density at radius 1 is 0.375 bits per heavy atom. The minimum atomic E-state index is -1.03. The molecule has 0 aliphatic carbocycles. The van der Waals surface area contributed by atoms with Crippen LogP contribution in [0.2, 0.25) is 0 Å². The van der Waals surface area contributed by atoms with Gasteiger partial charge >= 0.3 is 7.32 Å². The molecule has 0 saturated carbocycles. The molecule has 0 unspecified atom stereocenters. The van der Waals surface area contributed by atoms with Gasteiger partial charge in [-0.1, -0.05) is 41.5 Å². The molecule has 3 rings (SSSR count). The summed E-state index contributed by atoms with van der Waals surface area (Å²) in [6.07, 6.45) is 4.83. The summed E-state index contributed by atoms with van der Waals surface area (Å²) in [6.45, 7) is 12.7. The molecule has 0 saturated heterocycles. The third-order valence-corrected chi connectivity index (χ3v) is 7.49. The zero-order valence-electron chi connectivity index (χ0n) is 25.7. The highest BCUT2D eigenvalue weighted by atomic mass is 16.7. The van der Waals surface area contributed by atoms with Crippen LogP contribution in [0.25, 0.3) is 0 Å². The summed E-state index contributed by atoms with van der Waals surface area (Å²) < 4.78 is 36.7. The van der Waals surface area contributed by atoms with Crippen molar-refractivity contribution < 1.29 is 28.2 Å². The molecule has 0 fully saturated rings. The van der Waals surface area contributed by atoms with Crippen LogP contribution < -0.4 is 28.2 Å². The second-order valence-corrected chi connectivity index (χ2v) is 9.43. The first-order valence-corrected chi connectivity index (χ1v) is 14.5. The quantitative estimate of drug-likeness (QED) is 0.182. The third-order valence-electron chi connectivity index (χ3n) is 7.49. The molecule has 3 aromatic carbocycles. The SMILES string of the molecule is CCc1c(OC)ccc(OB(Oc2ccc(OC)c(CC)c2CC)Oc2ccc(OC)c(CC)c2CC)c1CC. The van der Waals surface area contributed by atoms with Crippen LogP contribution in [0.5, 0.6) is 34.5 Å². The minimum Gasteiger partial charge on any atom is -0.496 e. The zero-order valence-corrected chi connectivity index (χ0v) is 25.7. The second kappa shape index (κ2) is 14.8. The first-order valence-electron chi connectivity index (χ1n) is 14.5. The summed E-state index contributed by atoms with van der Waals surface area (Å²) in [6, 6.07) is 11.7. The van der Waals surface area contributed by atoms with Gasteiger partial charge in [-0.3, -0.25) is 0 Å². The molecule has 0 N–H and O–H groups in total. The van der Waals surface area contributed by atoms with Crippen molar-refractivity contribution in [3.8, 4) is 34.5 Å². The van der Waals surface area contributed by atoms with Crippen LogP contribution in [-0.2, 0) is 38.5 Å². The van der Waals surface area contributed by atoms with Crippen molar-refractivity contribution in [2.24, 2.45) is 0 Å². The summed E-state index contributed by atoms with van der Waals surface area (Å²) in [7, 11) is 4.07. The molecular weight excluding hydrogens is 503 g/mol. The van der Waals surface area contributed by atoms with Gasteiger partial charge in [0.25, 0.3) is 0 Å². The van der Waals surface area contributed by atoms with Crippen molar-refractivity contribution in [2.75, 3.05) is 21.3 Å². The molecule has 0 amide bonds. The van der Waals surface area contributed by atoms with Gasteiger partial charge < -0.3 is 28.2 Å². The van der Waals surface area contributed by atoms with Crippen molar-refractivity contribution in [2.45, 2.75) is 80.1 Å². The number of benzene rings is 3. The molecule has 40 heavy (non-hydrogen) atoms. The van der Waals surface area contributed by atoms with E-state index < -0.39 is 7.32 Å². The Bertz CT molecular complexity index is 1120. The van der Waals surface area contributed by atoms with Crippen molar-refractivity contribution in [3.05, 3.63) is 69.8 Å². The molecule has 0 aromatic heterocycles. The topological polar surface area (TPSA) is 55.4 Å². The van der Waals surface area contributed by atoms with Gasteiger partial charge in [0.1, 0.15) is 34.5 Å². The van der Waals surface area contributed by atoms with Gasteiger partial charge in [-0.15, -0.1) is 0 Å². The molecular formula is C33H45BO6. The molecule has 0 heterocycles. The van der Waals surface area contributed by atoms with Crippen molar-refractivity contribution in [3.63, 3.8) is 0 Å². The summed E-state index contributed by atoms with van der Waals surface area (Å²) in [5.41, 5.74) is 6.62. The summed E-state index contributed by atoms with van der Waals surface area (Å²) in [5, 5.41) is 0. The van der Waals surface area contributed by atoms with Gasteiger partial charge in [-0.2, -0.15) is 0 Å². The monoisotopic (exact) mass is 548 g/mol. The van der Waals surface area contributed by atoms with Crippen LogP contribution in [0.15, 0.2) is 36.4 Å². The molecule has 0 radical (unpaired) electrons. The van der Waals surface area contributed by atoms with E-state index in [2.05, 4.69) is 41.5 Å². The Morgan fingerprint density at radius 3 is 0.775 bits per heavy atom. The highest BCUT2D eigenvalue weighted by Crippen LogP contribution is 2.36. The minimum absolute atomic E-state index is 0.717. The van der Waals surface area contributed by atoms with Gasteiger partial charge in [0, 0.05) is 16.7 Å². The molecule has 0 atom stereocenters. The van der Waals surface area contributed by atoms with Crippen LogP contribution in [-0.4, -0.2) is 28.7 Å². The Kier molecular flexibility index (Phi) is 11.5. The Balaban J connectivity index is 2.14. The van der Waals surface area contributed by atoms with Crippen molar-refractivity contribution >= 4 is 7.32 Å². The van der Waals surface area contributed by atoms with Crippen molar-refractivity contribution in [1.82, 2.24) is 0 Å². The number of hydrogen-bond donors (Lipinski definition) is 0. The first kappa shape index (κ1) is 31.1. The van der Waals surface area contributed by atoms with E-state index in [-0.39, 0.29) is 0 Å². The molecule has 3 aromatic rings. The fourth-order valence-electron chi connectivity index (χ4n) is 5.56. The Morgan fingerprint density at radius 2 is 0.575 bits per heavy atom. The Hall–Kier alpha value is -3.48. The van der Waals surface area contributed by atoms with Crippen LogP contribution >= 0.6 is 0 Å². The van der Waals surface area contributed by atoms with Gasteiger partial charge in [0.2, 0.25) is 0 Å². The maximum atomic E-state index is 6.58. The third kappa shape index (κ3) is 6.46. The zero-order chi connectivity index (χ0) is 29.2. The number of rotatable bonds is 15. The van der Waals surface area contributed by atoms with E-state index >= 15 is 0 Å². The van der Waals surface area contributed by atoms with Crippen LogP contribution in [0.3, 0.4) is 0 Å².